The van der Waals surface area contributed by atoms with E-state index in [4.69, 9.17) is 0 Å². The van der Waals surface area contributed by atoms with E-state index in [-0.39, 0.29) is 0 Å². The predicted octanol–water partition coefficient (Wildman–Crippen LogP) is 0.137. The van der Waals surface area contributed by atoms with Crippen molar-refractivity contribution in [3.05, 3.63) is 0 Å². The Morgan fingerprint density at radius 1 is 1.57 bits per heavy atom. The van der Waals surface area contributed by atoms with Crippen LogP contribution in [-0.4, -0.2) is 31.8 Å². The molecule has 0 aliphatic rings. The SMILES string of the molecule is CN(C)CCC=O. The van der Waals surface area contributed by atoms with E-state index in [1.54, 1.807) is 0 Å². The van der Waals surface area contributed by atoms with Crippen LogP contribution in [-0.2, 0) is 4.79 Å². The van der Waals surface area contributed by atoms with E-state index in [1.807, 2.05) is 19.0 Å². The lowest BCUT2D eigenvalue weighted by molar-refractivity contribution is -0.108. The molecule has 0 aromatic carbocycles. The summed E-state index contributed by atoms with van der Waals surface area (Å²) in [5.41, 5.74) is 0. The normalized spacial score (nSPS) is 9.57. The number of hydrogen-bond donors (Lipinski definition) is 0. The van der Waals surface area contributed by atoms with Crippen molar-refractivity contribution in [2.24, 2.45) is 0 Å². The first-order chi connectivity index (χ1) is 3.27. The Bertz CT molecular complexity index is 52.0. The van der Waals surface area contributed by atoms with E-state index >= 15 is 0 Å². The van der Waals surface area contributed by atoms with Gasteiger partial charge in [-0.1, -0.05) is 0 Å². The summed E-state index contributed by atoms with van der Waals surface area (Å²) in [6.45, 7) is 0.865. The zero-order valence-electron chi connectivity index (χ0n) is 4.85. The standard InChI is InChI=1S/C5H11NO/c1-6(2)4-3-5-7/h5H,3-4H2,1-2H3. The Labute approximate surface area is 44.1 Å². The second-order valence-electron chi connectivity index (χ2n) is 1.76. The van der Waals surface area contributed by atoms with Gasteiger partial charge in [-0.3, -0.25) is 0 Å². The molecular formula is C5H11NO. The van der Waals surface area contributed by atoms with Gasteiger partial charge < -0.3 is 9.69 Å². The molecule has 0 aromatic rings. The van der Waals surface area contributed by atoms with E-state index in [0.29, 0.717) is 6.42 Å². The lowest BCUT2D eigenvalue weighted by atomic mass is 10.4. The fourth-order valence-corrected chi connectivity index (χ4v) is 0.311. The molecule has 2 nitrogen and oxygen atoms in total. The second kappa shape index (κ2) is 3.81. The summed E-state index contributed by atoms with van der Waals surface area (Å²) >= 11 is 0. The maximum absolute atomic E-state index is 9.68. The molecule has 0 atom stereocenters. The zero-order chi connectivity index (χ0) is 5.70. The highest BCUT2D eigenvalue weighted by molar-refractivity contribution is 5.49. The van der Waals surface area contributed by atoms with Crippen molar-refractivity contribution in [2.75, 3.05) is 20.6 Å². The van der Waals surface area contributed by atoms with Crippen molar-refractivity contribution in [2.45, 2.75) is 6.42 Å². The highest BCUT2D eigenvalue weighted by Crippen LogP contribution is 1.74. The number of carbonyl (C=O) groups is 1. The smallest absolute Gasteiger partial charge is 0.121 e. The van der Waals surface area contributed by atoms with Crippen molar-refractivity contribution >= 4 is 6.29 Å². The quantitative estimate of drug-likeness (QED) is 0.471. The van der Waals surface area contributed by atoms with Gasteiger partial charge in [0.05, 0.1) is 0 Å². The van der Waals surface area contributed by atoms with E-state index in [9.17, 15) is 4.79 Å². The van der Waals surface area contributed by atoms with Gasteiger partial charge >= 0.3 is 0 Å². The molecule has 0 unspecified atom stereocenters. The number of aldehydes is 1. The lowest BCUT2D eigenvalue weighted by Gasteiger charge is -2.03. The molecule has 0 saturated heterocycles. The number of rotatable bonds is 3. The predicted molar refractivity (Wildman–Crippen MR) is 29.2 cm³/mol. The van der Waals surface area contributed by atoms with Crippen molar-refractivity contribution in [3.8, 4) is 0 Å². The van der Waals surface area contributed by atoms with Gasteiger partial charge in [-0.05, 0) is 14.1 Å². The van der Waals surface area contributed by atoms with Crippen LogP contribution in [0.5, 0.6) is 0 Å². The molecule has 7 heavy (non-hydrogen) atoms. The summed E-state index contributed by atoms with van der Waals surface area (Å²) in [6.07, 6.45) is 1.58. The molecule has 2 heteroatoms. The van der Waals surface area contributed by atoms with Gasteiger partial charge in [-0.25, -0.2) is 0 Å². The molecule has 0 bridgehead atoms. The molecular weight excluding hydrogens is 90.1 g/mol. The minimum Gasteiger partial charge on any atom is -0.309 e. The van der Waals surface area contributed by atoms with Gasteiger partial charge in [0.15, 0.2) is 0 Å². The Morgan fingerprint density at radius 3 is 2.29 bits per heavy atom. The van der Waals surface area contributed by atoms with Gasteiger partial charge in [-0.15, -0.1) is 0 Å². The lowest BCUT2D eigenvalue weighted by Crippen LogP contribution is -2.12. The van der Waals surface area contributed by atoms with E-state index in [2.05, 4.69) is 0 Å². The van der Waals surface area contributed by atoms with Crippen LogP contribution in [0.25, 0.3) is 0 Å². The van der Waals surface area contributed by atoms with Crippen LogP contribution in [0.15, 0.2) is 0 Å². The number of carbonyl (C=O) groups excluding carboxylic acids is 1. The van der Waals surface area contributed by atoms with Gasteiger partial charge in [0.2, 0.25) is 0 Å². The van der Waals surface area contributed by atoms with Crippen LogP contribution >= 0.6 is 0 Å². The summed E-state index contributed by atoms with van der Waals surface area (Å²) in [7, 11) is 3.90. The third-order valence-corrected chi connectivity index (χ3v) is 0.694. The topological polar surface area (TPSA) is 20.3 Å². The van der Waals surface area contributed by atoms with Crippen molar-refractivity contribution < 1.29 is 4.79 Å². The third kappa shape index (κ3) is 5.63. The van der Waals surface area contributed by atoms with Gasteiger partial charge in [0, 0.05) is 13.0 Å². The number of nitrogens with zero attached hydrogens (tertiary/aromatic N) is 1. The average Bonchev–Trinajstić information content (AvgIpc) is 1.61. The molecule has 0 rings (SSSR count). The molecule has 0 amide bonds. The fourth-order valence-electron chi connectivity index (χ4n) is 0.311. The van der Waals surface area contributed by atoms with Crippen LogP contribution in [0.1, 0.15) is 6.42 Å². The molecule has 0 saturated carbocycles. The molecule has 0 aliphatic heterocycles. The Balaban J connectivity index is 2.81. The number of hydrogen-bond acceptors (Lipinski definition) is 2. The van der Waals surface area contributed by atoms with Crippen LogP contribution in [0.4, 0.5) is 0 Å². The van der Waals surface area contributed by atoms with E-state index < -0.39 is 0 Å². The Morgan fingerprint density at radius 2 is 2.14 bits per heavy atom. The summed E-state index contributed by atoms with van der Waals surface area (Å²) in [6, 6.07) is 0. The molecule has 0 N–H and O–H groups in total. The summed E-state index contributed by atoms with van der Waals surface area (Å²) in [5, 5.41) is 0. The molecule has 0 heterocycles. The maximum atomic E-state index is 9.68. The highest BCUT2D eigenvalue weighted by Gasteiger charge is 1.83. The largest absolute Gasteiger partial charge is 0.309 e. The Hall–Kier alpha value is -0.370. The second-order valence-corrected chi connectivity index (χ2v) is 1.76. The minimum atomic E-state index is 0.646. The van der Waals surface area contributed by atoms with Gasteiger partial charge in [0.25, 0.3) is 0 Å². The molecule has 0 aromatic heterocycles. The summed E-state index contributed by atoms with van der Waals surface area (Å²) in [4.78, 5) is 11.7. The Kier molecular flexibility index (Phi) is 3.61. The first-order valence-electron chi connectivity index (χ1n) is 2.35. The molecule has 0 fully saturated rings. The van der Waals surface area contributed by atoms with Crippen molar-refractivity contribution in [1.29, 1.82) is 0 Å². The molecule has 0 aliphatic carbocycles. The minimum absolute atomic E-state index is 0.646. The first-order valence-corrected chi connectivity index (χ1v) is 2.35. The maximum Gasteiger partial charge on any atom is 0.121 e. The van der Waals surface area contributed by atoms with Crippen LogP contribution in [0.3, 0.4) is 0 Å². The monoisotopic (exact) mass is 101 g/mol. The van der Waals surface area contributed by atoms with Crippen LogP contribution in [0, 0.1) is 0 Å². The fraction of sp³-hybridized carbons (Fsp3) is 0.800. The average molecular weight is 101 g/mol. The molecule has 0 radical (unpaired) electrons. The van der Waals surface area contributed by atoms with Crippen molar-refractivity contribution in [1.82, 2.24) is 4.90 Å². The van der Waals surface area contributed by atoms with E-state index in [0.717, 1.165) is 12.8 Å². The van der Waals surface area contributed by atoms with Crippen molar-refractivity contribution in [3.63, 3.8) is 0 Å². The molecule has 42 valence electrons. The summed E-state index contributed by atoms with van der Waals surface area (Å²) < 4.78 is 0. The zero-order valence-corrected chi connectivity index (χ0v) is 4.85. The first kappa shape index (κ1) is 6.63. The van der Waals surface area contributed by atoms with E-state index in [1.165, 1.54) is 0 Å². The summed E-state index contributed by atoms with van der Waals surface area (Å²) in [5.74, 6) is 0. The molecule has 0 spiro atoms. The van der Waals surface area contributed by atoms with Crippen LogP contribution < -0.4 is 0 Å². The van der Waals surface area contributed by atoms with Gasteiger partial charge in [0.1, 0.15) is 6.29 Å². The van der Waals surface area contributed by atoms with Crippen LogP contribution in [0.2, 0.25) is 0 Å². The third-order valence-electron chi connectivity index (χ3n) is 0.694. The highest BCUT2D eigenvalue weighted by atomic mass is 16.1. The van der Waals surface area contributed by atoms with Gasteiger partial charge in [-0.2, -0.15) is 0 Å².